The molecular weight excluding hydrogens is 379 g/mol. The molecule has 0 bridgehead atoms. The maximum atomic E-state index is 14.2. The zero-order chi connectivity index (χ0) is 21.1. The van der Waals surface area contributed by atoms with Crippen LogP contribution in [0.3, 0.4) is 0 Å². The number of benzene rings is 2. The number of carbonyl (C=O) groups is 1. The number of nitrogens with one attached hydrogen (secondary N) is 1. The van der Waals surface area contributed by atoms with E-state index in [-0.39, 0.29) is 11.7 Å². The molecule has 0 fully saturated rings. The van der Waals surface area contributed by atoms with Crippen LogP contribution in [0.1, 0.15) is 27.3 Å². The Balaban J connectivity index is 1.42. The first-order valence-corrected chi connectivity index (χ1v) is 9.85. The lowest BCUT2D eigenvalue weighted by atomic mass is 10.2. The number of para-hydroxylation sites is 2. The predicted octanol–water partition coefficient (Wildman–Crippen LogP) is 4.39. The van der Waals surface area contributed by atoms with Gasteiger partial charge in [0.2, 0.25) is 0 Å². The van der Waals surface area contributed by atoms with Crippen LogP contribution in [0.25, 0.3) is 11.4 Å². The summed E-state index contributed by atoms with van der Waals surface area (Å²) in [4.78, 5) is 12.7. The number of hydrogen-bond donors (Lipinski definition) is 1. The molecule has 0 unspecified atom stereocenters. The Labute approximate surface area is 174 Å². The van der Waals surface area contributed by atoms with Crippen molar-refractivity contribution in [1.82, 2.24) is 19.7 Å². The Kier molecular flexibility index (Phi) is 5.48. The molecule has 0 saturated heterocycles. The molecule has 0 aliphatic heterocycles. The summed E-state index contributed by atoms with van der Waals surface area (Å²) in [5.41, 5.74) is 4.55. The monoisotopic (exact) mass is 402 g/mol. The SMILES string of the molecule is Cc1cc(C(=O)NCCc2cnn(-c3ccccc3)c2)c(C)n1-c1ccccc1F. The molecule has 0 spiro atoms. The van der Waals surface area contributed by atoms with Crippen molar-refractivity contribution in [2.75, 3.05) is 6.54 Å². The third-order valence-corrected chi connectivity index (χ3v) is 5.13. The van der Waals surface area contributed by atoms with Gasteiger partial charge in [-0.2, -0.15) is 5.10 Å². The maximum absolute atomic E-state index is 14.2. The molecule has 4 rings (SSSR count). The minimum atomic E-state index is -0.318. The van der Waals surface area contributed by atoms with E-state index in [1.54, 1.807) is 28.8 Å². The van der Waals surface area contributed by atoms with E-state index in [1.807, 2.05) is 61.3 Å². The lowest BCUT2D eigenvalue weighted by Crippen LogP contribution is -2.26. The number of carbonyl (C=O) groups excluding carboxylic acids is 1. The summed E-state index contributed by atoms with van der Waals surface area (Å²) in [6.07, 6.45) is 4.44. The summed E-state index contributed by atoms with van der Waals surface area (Å²) in [5.74, 6) is -0.483. The summed E-state index contributed by atoms with van der Waals surface area (Å²) in [6.45, 7) is 4.19. The van der Waals surface area contributed by atoms with Gasteiger partial charge in [0.1, 0.15) is 5.82 Å². The molecule has 0 saturated carbocycles. The van der Waals surface area contributed by atoms with E-state index in [0.29, 0.717) is 29.9 Å². The summed E-state index contributed by atoms with van der Waals surface area (Å²) >= 11 is 0. The average Bonchev–Trinajstić information content (AvgIpc) is 3.34. The van der Waals surface area contributed by atoms with Crippen molar-refractivity contribution in [3.8, 4) is 11.4 Å². The van der Waals surface area contributed by atoms with Gasteiger partial charge in [0.15, 0.2) is 0 Å². The van der Waals surface area contributed by atoms with Crippen LogP contribution in [0.15, 0.2) is 73.1 Å². The molecule has 2 aromatic carbocycles. The summed E-state index contributed by atoms with van der Waals surface area (Å²) < 4.78 is 17.8. The zero-order valence-electron chi connectivity index (χ0n) is 17.0. The molecule has 1 N–H and O–H groups in total. The first kappa shape index (κ1) is 19.6. The second-order valence-corrected chi connectivity index (χ2v) is 7.21. The molecular formula is C24H23FN4O. The molecule has 1 amide bonds. The summed E-state index contributed by atoms with van der Waals surface area (Å²) in [6, 6.07) is 18.2. The fourth-order valence-electron chi connectivity index (χ4n) is 3.62. The smallest absolute Gasteiger partial charge is 0.253 e. The second-order valence-electron chi connectivity index (χ2n) is 7.21. The van der Waals surface area contributed by atoms with Crippen LogP contribution in [0.4, 0.5) is 4.39 Å². The Morgan fingerprint density at radius 2 is 1.80 bits per heavy atom. The van der Waals surface area contributed by atoms with E-state index in [4.69, 9.17) is 0 Å². The third-order valence-electron chi connectivity index (χ3n) is 5.13. The van der Waals surface area contributed by atoms with E-state index in [0.717, 1.165) is 16.9 Å². The molecule has 4 aromatic rings. The van der Waals surface area contributed by atoms with E-state index < -0.39 is 0 Å². The predicted molar refractivity (Wildman–Crippen MR) is 115 cm³/mol. The molecule has 2 aromatic heterocycles. The van der Waals surface area contributed by atoms with Crippen LogP contribution in [0, 0.1) is 19.7 Å². The van der Waals surface area contributed by atoms with E-state index >= 15 is 0 Å². The number of amides is 1. The third kappa shape index (κ3) is 3.89. The average molecular weight is 402 g/mol. The van der Waals surface area contributed by atoms with Crippen LogP contribution in [0.5, 0.6) is 0 Å². The zero-order valence-corrected chi connectivity index (χ0v) is 17.0. The highest BCUT2D eigenvalue weighted by atomic mass is 19.1. The van der Waals surface area contributed by atoms with E-state index in [9.17, 15) is 9.18 Å². The highest BCUT2D eigenvalue weighted by Crippen LogP contribution is 2.22. The van der Waals surface area contributed by atoms with Crippen LogP contribution in [-0.4, -0.2) is 26.8 Å². The highest BCUT2D eigenvalue weighted by Gasteiger charge is 2.18. The van der Waals surface area contributed by atoms with Crippen LogP contribution < -0.4 is 5.32 Å². The second kappa shape index (κ2) is 8.37. The highest BCUT2D eigenvalue weighted by molar-refractivity contribution is 5.95. The van der Waals surface area contributed by atoms with Crippen molar-refractivity contribution < 1.29 is 9.18 Å². The molecule has 6 heteroatoms. The minimum absolute atomic E-state index is 0.166. The molecule has 0 atom stereocenters. The number of halogens is 1. The molecule has 0 radical (unpaired) electrons. The van der Waals surface area contributed by atoms with Crippen molar-refractivity contribution >= 4 is 5.91 Å². The number of aryl methyl sites for hydroxylation is 1. The lowest BCUT2D eigenvalue weighted by molar-refractivity contribution is 0.0953. The van der Waals surface area contributed by atoms with E-state index in [1.165, 1.54) is 6.07 Å². The van der Waals surface area contributed by atoms with Crippen molar-refractivity contribution in [3.63, 3.8) is 0 Å². The van der Waals surface area contributed by atoms with Crippen LogP contribution >= 0.6 is 0 Å². The summed E-state index contributed by atoms with van der Waals surface area (Å²) in [5, 5.41) is 7.34. The molecule has 0 aliphatic rings. The lowest BCUT2D eigenvalue weighted by Gasteiger charge is -2.11. The van der Waals surface area contributed by atoms with E-state index in [2.05, 4.69) is 10.4 Å². The molecule has 2 heterocycles. The van der Waals surface area contributed by atoms with Gasteiger partial charge in [-0.3, -0.25) is 4.79 Å². The number of nitrogens with zero attached hydrogens (tertiary/aromatic N) is 3. The van der Waals surface area contributed by atoms with Gasteiger partial charge in [-0.05, 0) is 56.2 Å². The standard InChI is InChI=1S/C24H23FN4O/c1-17-14-21(18(2)29(17)23-11-7-6-10-22(23)25)24(30)26-13-12-19-15-27-28(16-19)20-8-4-3-5-9-20/h3-11,14-16H,12-13H2,1-2H3,(H,26,30). The first-order chi connectivity index (χ1) is 14.5. The molecule has 0 aliphatic carbocycles. The molecule has 152 valence electrons. The first-order valence-electron chi connectivity index (χ1n) is 9.85. The number of hydrogen-bond acceptors (Lipinski definition) is 2. The van der Waals surface area contributed by atoms with Gasteiger partial charge in [-0.25, -0.2) is 9.07 Å². The maximum Gasteiger partial charge on any atom is 0.253 e. The van der Waals surface area contributed by atoms with Gasteiger partial charge in [-0.1, -0.05) is 30.3 Å². The van der Waals surface area contributed by atoms with Crippen molar-refractivity contribution in [1.29, 1.82) is 0 Å². The van der Waals surface area contributed by atoms with Gasteiger partial charge in [0.25, 0.3) is 5.91 Å². The van der Waals surface area contributed by atoms with Gasteiger partial charge in [0.05, 0.1) is 23.1 Å². The van der Waals surface area contributed by atoms with Gasteiger partial charge < -0.3 is 9.88 Å². The fraction of sp³-hybridized carbons (Fsp3) is 0.167. The van der Waals surface area contributed by atoms with Crippen LogP contribution in [-0.2, 0) is 6.42 Å². The fourth-order valence-corrected chi connectivity index (χ4v) is 3.62. The molecule has 5 nitrogen and oxygen atoms in total. The van der Waals surface area contributed by atoms with Crippen molar-refractivity contribution in [2.24, 2.45) is 0 Å². The Hall–Kier alpha value is -3.67. The Morgan fingerprint density at radius 3 is 2.57 bits per heavy atom. The Bertz CT molecular complexity index is 1180. The largest absolute Gasteiger partial charge is 0.352 e. The summed E-state index contributed by atoms with van der Waals surface area (Å²) in [7, 11) is 0. The van der Waals surface area contributed by atoms with Gasteiger partial charge in [0, 0.05) is 24.1 Å². The van der Waals surface area contributed by atoms with Crippen LogP contribution in [0.2, 0.25) is 0 Å². The minimum Gasteiger partial charge on any atom is -0.352 e. The normalized spacial score (nSPS) is 10.9. The van der Waals surface area contributed by atoms with Gasteiger partial charge in [-0.15, -0.1) is 0 Å². The number of rotatable bonds is 6. The quantitative estimate of drug-likeness (QED) is 0.520. The van der Waals surface area contributed by atoms with Crippen molar-refractivity contribution in [3.05, 3.63) is 101 Å². The van der Waals surface area contributed by atoms with Gasteiger partial charge >= 0.3 is 0 Å². The Morgan fingerprint density at radius 1 is 1.07 bits per heavy atom. The van der Waals surface area contributed by atoms with Crippen molar-refractivity contribution in [2.45, 2.75) is 20.3 Å². The topological polar surface area (TPSA) is 51.9 Å². The number of aromatic nitrogens is 3. The molecule has 30 heavy (non-hydrogen) atoms.